The SMILES string of the molecule is C.CN(C)C(=O)COc1ccc2c(c1)CC(N(CCO)c1ccccc1[AsH]S(=O)(=O)c1cc3ccc1OC3)CCC2. The van der Waals surface area contributed by atoms with Crippen LogP contribution >= 0.6 is 0 Å². The van der Waals surface area contributed by atoms with E-state index in [9.17, 15) is 18.3 Å². The first-order valence-electron chi connectivity index (χ1n) is 13.4. The number of benzene rings is 3. The van der Waals surface area contributed by atoms with Gasteiger partial charge in [0, 0.05) is 14.1 Å². The summed E-state index contributed by atoms with van der Waals surface area (Å²) in [5.74, 6) is 0.978. The minimum atomic E-state index is -3.53. The molecule has 2 atom stereocenters. The predicted molar refractivity (Wildman–Crippen MR) is 163 cm³/mol. The Morgan fingerprint density at radius 1 is 1.10 bits per heavy atom. The molecule has 1 amide bonds. The van der Waals surface area contributed by atoms with Crippen LogP contribution in [0.15, 0.2) is 65.6 Å². The number of carbonyl (C=O) groups excluding carboxylic acids is 1. The Kier molecular flexibility index (Phi) is 10.1. The number of hydrogen-bond acceptors (Lipinski definition) is 7. The van der Waals surface area contributed by atoms with Gasteiger partial charge in [-0.2, -0.15) is 0 Å². The maximum absolute atomic E-state index is 13.6. The molecule has 6 rings (SSSR count). The molecule has 2 aliphatic heterocycles. The van der Waals surface area contributed by atoms with Crippen LogP contribution in [0.4, 0.5) is 5.69 Å². The van der Waals surface area contributed by atoms with Crippen molar-refractivity contribution in [2.24, 2.45) is 0 Å². The monoisotopic (exact) mass is 642 g/mol. The average molecular weight is 643 g/mol. The molecule has 10 heteroatoms. The standard InChI is InChI=1S/C30H35AsN2O6S.CH4/c1-32(2)30(35)20-38-25-12-11-22-6-5-7-24(17-23(22)18-25)33(14-15-34)27-9-4-3-8-26(27)31-40(36,37)29-16-21-10-13-28(29)39-19-21;/h3-4,8-13,16,18,24,31,34H,5-7,14-15,17,19-20H2,1-2H3;1H4. The van der Waals surface area contributed by atoms with Crippen LogP contribution in [0.2, 0.25) is 0 Å². The number of aliphatic hydroxyl groups excluding tert-OH is 1. The van der Waals surface area contributed by atoms with Crippen molar-refractivity contribution in [2.45, 2.75) is 50.7 Å². The van der Waals surface area contributed by atoms with Gasteiger partial charge in [-0.15, -0.1) is 0 Å². The minimum absolute atomic E-state index is 0. The van der Waals surface area contributed by atoms with Crippen molar-refractivity contribution >= 4 is 38.6 Å². The summed E-state index contributed by atoms with van der Waals surface area (Å²) in [6.07, 6.45) is 3.54. The number of likely N-dealkylation sites (N-methyl/N-ethyl adjacent to an activating group) is 1. The second-order valence-electron chi connectivity index (χ2n) is 10.4. The zero-order chi connectivity index (χ0) is 28.3. The molecule has 3 aromatic rings. The normalized spacial score (nSPS) is 15.9. The number of hydrogen-bond donors (Lipinski definition) is 1. The molecule has 41 heavy (non-hydrogen) atoms. The van der Waals surface area contributed by atoms with Gasteiger partial charge in [0.1, 0.15) is 0 Å². The molecule has 2 heterocycles. The second kappa shape index (κ2) is 13.3. The Labute approximate surface area is 248 Å². The number of para-hydroxylation sites is 1. The molecule has 3 aliphatic rings. The molecule has 1 N–H and O–H groups in total. The number of aliphatic hydroxyl groups is 1. The molecule has 0 aromatic heterocycles. The van der Waals surface area contributed by atoms with Crippen LogP contribution in [-0.4, -0.2) is 78.8 Å². The maximum atomic E-state index is 13.6. The van der Waals surface area contributed by atoms with Crippen molar-refractivity contribution in [3.05, 3.63) is 77.4 Å². The summed E-state index contributed by atoms with van der Waals surface area (Å²) in [6.45, 7) is 0.752. The predicted octanol–water partition coefficient (Wildman–Crippen LogP) is 2.88. The molecule has 1 aliphatic carbocycles. The summed E-state index contributed by atoms with van der Waals surface area (Å²) in [7, 11) is -0.131. The van der Waals surface area contributed by atoms with E-state index in [4.69, 9.17) is 9.47 Å². The summed E-state index contributed by atoms with van der Waals surface area (Å²) in [6, 6.07) is 19.2. The third kappa shape index (κ3) is 7.08. The Hall–Kier alpha value is -3.00. The van der Waals surface area contributed by atoms with Gasteiger partial charge >= 0.3 is 228 Å². The molecular formula is C31H39AsN2O6S. The molecule has 2 bridgehead atoms. The van der Waals surface area contributed by atoms with Crippen LogP contribution in [-0.2, 0) is 32.3 Å². The van der Waals surface area contributed by atoms with Crippen molar-refractivity contribution in [3.63, 3.8) is 0 Å². The molecule has 0 fully saturated rings. The van der Waals surface area contributed by atoms with Crippen LogP contribution < -0.4 is 18.7 Å². The van der Waals surface area contributed by atoms with Crippen molar-refractivity contribution in [1.82, 2.24) is 4.90 Å². The number of fused-ring (bicyclic) bond motifs is 4. The molecule has 2 unspecified atom stereocenters. The summed E-state index contributed by atoms with van der Waals surface area (Å²) in [5, 5.41) is 10.1. The van der Waals surface area contributed by atoms with Gasteiger partial charge in [-0.3, -0.25) is 0 Å². The second-order valence-corrected chi connectivity index (χ2v) is 17.8. The van der Waals surface area contributed by atoms with E-state index in [-0.39, 0.29) is 37.5 Å². The van der Waals surface area contributed by atoms with E-state index in [0.717, 1.165) is 46.8 Å². The van der Waals surface area contributed by atoms with Crippen molar-refractivity contribution in [3.8, 4) is 11.5 Å². The molecule has 0 spiro atoms. The van der Waals surface area contributed by atoms with Crippen molar-refractivity contribution < 1.29 is 27.8 Å². The quantitative estimate of drug-likeness (QED) is 0.269. The van der Waals surface area contributed by atoms with Gasteiger partial charge in [0.2, 0.25) is 0 Å². The first kappa shape index (κ1) is 30.9. The van der Waals surface area contributed by atoms with Crippen molar-refractivity contribution in [2.75, 3.05) is 38.8 Å². The number of rotatable bonds is 10. The van der Waals surface area contributed by atoms with Gasteiger partial charge in [0.15, 0.2) is 0 Å². The third-order valence-corrected chi connectivity index (χ3v) is 14.1. The number of nitrogens with zero attached hydrogens (tertiary/aromatic N) is 2. The average Bonchev–Trinajstić information content (AvgIpc) is 3.17. The Morgan fingerprint density at radius 3 is 2.59 bits per heavy atom. The first-order valence-corrected chi connectivity index (χ1v) is 18.5. The summed E-state index contributed by atoms with van der Waals surface area (Å²) >= 11 is -1.63. The number of carbonyl (C=O) groups is 1. The number of amides is 1. The van der Waals surface area contributed by atoms with E-state index in [1.54, 1.807) is 26.2 Å². The Bertz CT molecular complexity index is 1490. The fourth-order valence-corrected chi connectivity index (χ4v) is 11.9. The zero-order valence-corrected chi connectivity index (χ0v) is 25.7. The fraction of sp³-hybridized carbons (Fsp3) is 0.387. The molecule has 3 aromatic carbocycles. The summed E-state index contributed by atoms with van der Waals surface area (Å²) < 4.78 is 39.4. The first-order chi connectivity index (χ1) is 19.2. The molecule has 220 valence electrons. The van der Waals surface area contributed by atoms with Gasteiger partial charge < -0.3 is 0 Å². The molecule has 0 saturated heterocycles. The summed E-state index contributed by atoms with van der Waals surface area (Å²) in [5.41, 5.74) is 4.14. The van der Waals surface area contributed by atoms with Gasteiger partial charge in [-0.05, 0) is 0 Å². The van der Waals surface area contributed by atoms with Crippen LogP contribution in [0.1, 0.15) is 37.0 Å². The Balaban J connectivity index is 0.00000387. The third-order valence-electron chi connectivity index (χ3n) is 7.41. The van der Waals surface area contributed by atoms with Crippen LogP contribution in [0.25, 0.3) is 0 Å². The number of aryl methyl sites for hydroxylation is 1. The van der Waals surface area contributed by atoms with E-state index < -0.39 is 22.7 Å². The molecule has 0 radical (unpaired) electrons. The topological polar surface area (TPSA) is 96.4 Å². The van der Waals surface area contributed by atoms with E-state index in [0.29, 0.717) is 24.7 Å². The fourth-order valence-electron chi connectivity index (χ4n) is 5.30. The molecular weight excluding hydrogens is 603 g/mol. The Morgan fingerprint density at radius 2 is 1.90 bits per heavy atom. The van der Waals surface area contributed by atoms with Gasteiger partial charge in [0.05, 0.1) is 0 Å². The van der Waals surface area contributed by atoms with E-state index >= 15 is 0 Å². The molecule has 8 nitrogen and oxygen atoms in total. The number of anilines is 1. The summed E-state index contributed by atoms with van der Waals surface area (Å²) in [4.78, 5) is 16.0. The zero-order valence-electron chi connectivity index (χ0n) is 22.8. The molecule has 0 saturated carbocycles. The van der Waals surface area contributed by atoms with Crippen molar-refractivity contribution in [1.29, 1.82) is 0 Å². The van der Waals surface area contributed by atoms with E-state index in [2.05, 4.69) is 11.0 Å². The van der Waals surface area contributed by atoms with Crippen LogP contribution in [0.5, 0.6) is 11.5 Å². The van der Waals surface area contributed by atoms with Gasteiger partial charge in [-0.25, -0.2) is 0 Å². The van der Waals surface area contributed by atoms with Gasteiger partial charge in [-0.1, -0.05) is 7.43 Å². The van der Waals surface area contributed by atoms with E-state index in [1.165, 1.54) is 10.5 Å². The van der Waals surface area contributed by atoms with Gasteiger partial charge in [0.25, 0.3) is 0 Å². The van der Waals surface area contributed by atoms with Crippen LogP contribution in [0.3, 0.4) is 0 Å². The number of ether oxygens (including phenoxy) is 2. The van der Waals surface area contributed by atoms with E-state index in [1.807, 2.05) is 42.5 Å². The van der Waals surface area contributed by atoms with Crippen LogP contribution in [0, 0.1) is 0 Å².